The predicted octanol–water partition coefficient (Wildman–Crippen LogP) is 2.47. The average Bonchev–Trinajstić information content (AvgIpc) is 2.71. The number of Topliss-reactive ketones (excluding diaryl/α,β-unsaturated/α-hetero) is 1. The molecule has 2 heterocycles. The number of pyridine rings is 1. The van der Waals surface area contributed by atoms with Gasteiger partial charge in [-0.15, -0.1) is 0 Å². The van der Waals surface area contributed by atoms with Gasteiger partial charge in [-0.1, -0.05) is 6.07 Å². The molecule has 0 fully saturated rings. The number of aryl methyl sites for hydroxylation is 2. The average molecular weight is 285 g/mol. The summed E-state index contributed by atoms with van der Waals surface area (Å²) in [5.74, 6) is -0.271. The predicted molar refractivity (Wildman–Crippen MR) is 80.4 cm³/mol. The molecule has 0 bridgehead atoms. The molecule has 0 saturated carbocycles. The van der Waals surface area contributed by atoms with Crippen molar-refractivity contribution in [1.82, 2.24) is 15.3 Å². The normalized spacial score (nSPS) is 10.5. The van der Waals surface area contributed by atoms with Crippen molar-refractivity contribution in [2.45, 2.75) is 34.2 Å². The summed E-state index contributed by atoms with van der Waals surface area (Å²) in [5, 5.41) is 2.82. The number of hydrogen-bond donors (Lipinski definition) is 2. The van der Waals surface area contributed by atoms with Gasteiger partial charge in [0.05, 0.1) is 12.2 Å². The Morgan fingerprint density at radius 1 is 1.24 bits per heavy atom. The molecule has 0 atom stereocenters. The summed E-state index contributed by atoms with van der Waals surface area (Å²) in [6.07, 6.45) is 0. The lowest BCUT2D eigenvalue weighted by Crippen LogP contribution is -2.24. The molecule has 0 radical (unpaired) electrons. The van der Waals surface area contributed by atoms with E-state index in [4.69, 9.17) is 0 Å². The number of aromatic nitrogens is 2. The quantitative estimate of drug-likeness (QED) is 0.847. The summed E-state index contributed by atoms with van der Waals surface area (Å²) in [6, 6.07) is 5.67. The van der Waals surface area contributed by atoms with Gasteiger partial charge in [-0.3, -0.25) is 14.6 Å². The Morgan fingerprint density at radius 3 is 2.52 bits per heavy atom. The van der Waals surface area contributed by atoms with Gasteiger partial charge in [0.2, 0.25) is 0 Å². The highest BCUT2D eigenvalue weighted by Gasteiger charge is 2.19. The van der Waals surface area contributed by atoms with Crippen LogP contribution in [0.15, 0.2) is 18.2 Å². The standard InChI is InChI=1S/C16H19N3O2/c1-9-6-5-7-13(18-9)8-17-16(21)15-10(2)14(12(4)20)11(3)19-15/h5-7,19H,8H2,1-4H3,(H,17,21). The van der Waals surface area contributed by atoms with Gasteiger partial charge in [-0.05, 0) is 45.4 Å². The summed E-state index contributed by atoms with van der Waals surface area (Å²) in [5.41, 5.74) is 4.15. The van der Waals surface area contributed by atoms with Crippen LogP contribution in [-0.2, 0) is 6.54 Å². The molecule has 0 aliphatic heterocycles. The van der Waals surface area contributed by atoms with Crippen molar-refractivity contribution in [2.24, 2.45) is 0 Å². The van der Waals surface area contributed by atoms with Crippen molar-refractivity contribution in [2.75, 3.05) is 0 Å². The Morgan fingerprint density at radius 2 is 1.95 bits per heavy atom. The van der Waals surface area contributed by atoms with Gasteiger partial charge in [-0.2, -0.15) is 0 Å². The smallest absolute Gasteiger partial charge is 0.268 e. The number of H-pyrrole nitrogens is 1. The third kappa shape index (κ3) is 3.18. The van der Waals surface area contributed by atoms with Crippen molar-refractivity contribution >= 4 is 11.7 Å². The first kappa shape index (κ1) is 15.0. The van der Waals surface area contributed by atoms with Gasteiger partial charge in [-0.25, -0.2) is 0 Å². The lowest BCUT2D eigenvalue weighted by Gasteiger charge is -2.05. The molecule has 0 aromatic carbocycles. The molecular formula is C16H19N3O2. The minimum Gasteiger partial charge on any atom is -0.354 e. The third-order valence-electron chi connectivity index (χ3n) is 3.39. The topological polar surface area (TPSA) is 74.8 Å². The van der Waals surface area contributed by atoms with Crippen LogP contribution in [0.1, 0.15) is 50.4 Å². The summed E-state index contributed by atoms with van der Waals surface area (Å²) in [4.78, 5) is 31.1. The number of nitrogens with one attached hydrogen (secondary N) is 2. The Hall–Kier alpha value is -2.43. The van der Waals surface area contributed by atoms with Crippen LogP contribution < -0.4 is 5.32 Å². The van der Waals surface area contributed by atoms with Gasteiger partial charge in [0, 0.05) is 17.0 Å². The van der Waals surface area contributed by atoms with Crippen LogP contribution in [0, 0.1) is 20.8 Å². The lowest BCUT2D eigenvalue weighted by atomic mass is 10.1. The molecule has 0 saturated heterocycles. The highest BCUT2D eigenvalue weighted by molar-refractivity contribution is 6.02. The van der Waals surface area contributed by atoms with Crippen LogP contribution in [0.25, 0.3) is 0 Å². The summed E-state index contributed by atoms with van der Waals surface area (Å²) in [7, 11) is 0. The zero-order chi connectivity index (χ0) is 15.6. The first-order valence-electron chi connectivity index (χ1n) is 6.81. The maximum Gasteiger partial charge on any atom is 0.268 e. The molecule has 0 unspecified atom stereocenters. The molecule has 1 amide bonds. The van der Waals surface area contributed by atoms with Crippen molar-refractivity contribution in [3.05, 3.63) is 52.1 Å². The second kappa shape index (κ2) is 5.91. The Bertz CT molecular complexity index is 702. The van der Waals surface area contributed by atoms with Crippen molar-refractivity contribution in [1.29, 1.82) is 0 Å². The van der Waals surface area contributed by atoms with E-state index in [2.05, 4.69) is 15.3 Å². The molecule has 0 aliphatic rings. The largest absolute Gasteiger partial charge is 0.354 e. The number of carbonyl (C=O) groups excluding carboxylic acids is 2. The minimum atomic E-state index is -0.230. The SMILES string of the molecule is CC(=O)c1c(C)[nH]c(C(=O)NCc2cccc(C)n2)c1C. The summed E-state index contributed by atoms with van der Waals surface area (Å²) < 4.78 is 0. The van der Waals surface area contributed by atoms with Gasteiger partial charge in [0.15, 0.2) is 5.78 Å². The number of ketones is 1. The molecule has 0 spiro atoms. The van der Waals surface area contributed by atoms with E-state index >= 15 is 0 Å². The Kier molecular flexibility index (Phi) is 4.21. The first-order chi connectivity index (χ1) is 9.90. The van der Waals surface area contributed by atoms with Gasteiger partial charge >= 0.3 is 0 Å². The Labute approximate surface area is 123 Å². The molecule has 5 nitrogen and oxygen atoms in total. The van der Waals surface area contributed by atoms with E-state index in [9.17, 15) is 9.59 Å². The zero-order valence-corrected chi connectivity index (χ0v) is 12.7. The number of hydrogen-bond acceptors (Lipinski definition) is 3. The fraction of sp³-hybridized carbons (Fsp3) is 0.312. The molecule has 2 aromatic rings. The van der Waals surface area contributed by atoms with E-state index in [1.54, 1.807) is 13.8 Å². The second-order valence-electron chi connectivity index (χ2n) is 5.13. The fourth-order valence-electron chi connectivity index (χ4n) is 2.46. The third-order valence-corrected chi connectivity index (χ3v) is 3.39. The van der Waals surface area contributed by atoms with Crippen LogP contribution >= 0.6 is 0 Å². The molecule has 2 rings (SSSR count). The highest BCUT2D eigenvalue weighted by atomic mass is 16.2. The van der Waals surface area contributed by atoms with E-state index in [0.29, 0.717) is 23.4 Å². The number of aromatic amines is 1. The van der Waals surface area contributed by atoms with Crippen LogP contribution in [0.3, 0.4) is 0 Å². The van der Waals surface area contributed by atoms with Gasteiger partial charge in [0.25, 0.3) is 5.91 Å². The number of nitrogens with zero attached hydrogens (tertiary/aromatic N) is 1. The fourth-order valence-corrected chi connectivity index (χ4v) is 2.46. The molecule has 21 heavy (non-hydrogen) atoms. The van der Waals surface area contributed by atoms with Crippen molar-refractivity contribution < 1.29 is 9.59 Å². The molecular weight excluding hydrogens is 266 g/mol. The first-order valence-corrected chi connectivity index (χ1v) is 6.81. The Balaban J connectivity index is 2.14. The molecule has 0 aliphatic carbocycles. The van der Waals surface area contributed by atoms with E-state index < -0.39 is 0 Å². The summed E-state index contributed by atoms with van der Waals surface area (Å²) >= 11 is 0. The zero-order valence-electron chi connectivity index (χ0n) is 12.7. The van der Waals surface area contributed by atoms with E-state index in [0.717, 1.165) is 17.1 Å². The number of amides is 1. The van der Waals surface area contributed by atoms with Crippen LogP contribution in [0.5, 0.6) is 0 Å². The molecule has 2 aromatic heterocycles. The van der Waals surface area contributed by atoms with E-state index in [1.807, 2.05) is 25.1 Å². The van der Waals surface area contributed by atoms with Crippen molar-refractivity contribution in [3.63, 3.8) is 0 Å². The van der Waals surface area contributed by atoms with Crippen LogP contribution in [0.2, 0.25) is 0 Å². The molecule has 5 heteroatoms. The lowest BCUT2D eigenvalue weighted by molar-refractivity contribution is 0.0945. The monoisotopic (exact) mass is 285 g/mol. The maximum atomic E-state index is 12.2. The van der Waals surface area contributed by atoms with Crippen LogP contribution in [-0.4, -0.2) is 21.7 Å². The van der Waals surface area contributed by atoms with Gasteiger partial charge < -0.3 is 10.3 Å². The highest BCUT2D eigenvalue weighted by Crippen LogP contribution is 2.18. The number of rotatable bonds is 4. The second-order valence-corrected chi connectivity index (χ2v) is 5.13. The van der Waals surface area contributed by atoms with E-state index in [-0.39, 0.29) is 11.7 Å². The number of carbonyl (C=O) groups is 2. The van der Waals surface area contributed by atoms with Crippen molar-refractivity contribution in [3.8, 4) is 0 Å². The minimum absolute atomic E-state index is 0.0411. The molecule has 2 N–H and O–H groups in total. The van der Waals surface area contributed by atoms with E-state index in [1.165, 1.54) is 6.92 Å². The van der Waals surface area contributed by atoms with Crippen LogP contribution in [0.4, 0.5) is 0 Å². The van der Waals surface area contributed by atoms with Gasteiger partial charge in [0.1, 0.15) is 5.69 Å². The molecule has 110 valence electrons. The maximum absolute atomic E-state index is 12.2. The summed E-state index contributed by atoms with van der Waals surface area (Å²) in [6.45, 7) is 7.33.